The number of anilines is 1. The van der Waals surface area contributed by atoms with Gasteiger partial charge in [-0.05, 0) is 6.42 Å². The SMILES string of the molecule is CCC=Nc1c(NC[C@H](O)[C@H](O)[C@H](O)CO)[nH]c(=O)[nH]c1=O. The highest BCUT2D eigenvalue weighted by Gasteiger charge is 2.24. The number of hydrogen-bond donors (Lipinski definition) is 7. The van der Waals surface area contributed by atoms with Crippen molar-refractivity contribution in [2.45, 2.75) is 31.7 Å². The maximum atomic E-state index is 11.7. The fraction of sp³-hybridized carbons (Fsp3) is 0.583. The van der Waals surface area contributed by atoms with Crippen molar-refractivity contribution in [3.63, 3.8) is 0 Å². The van der Waals surface area contributed by atoms with E-state index >= 15 is 0 Å². The minimum atomic E-state index is -1.59. The third kappa shape index (κ3) is 4.77. The Labute approximate surface area is 125 Å². The van der Waals surface area contributed by atoms with Crippen LogP contribution in [0, 0.1) is 0 Å². The minimum absolute atomic E-state index is 0.0248. The van der Waals surface area contributed by atoms with E-state index in [9.17, 15) is 24.9 Å². The topological polar surface area (TPSA) is 171 Å². The molecular formula is C12H20N4O6. The molecule has 0 unspecified atom stereocenters. The minimum Gasteiger partial charge on any atom is -0.394 e. The lowest BCUT2D eigenvalue weighted by molar-refractivity contribution is -0.0715. The van der Waals surface area contributed by atoms with Crippen LogP contribution in [0.25, 0.3) is 0 Å². The third-order valence-corrected chi connectivity index (χ3v) is 2.78. The van der Waals surface area contributed by atoms with Gasteiger partial charge in [0.2, 0.25) is 0 Å². The van der Waals surface area contributed by atoms with E-state index in [4.69, 9.17) is 5.11 Å². The molecule has 0 saturated carbocycles. The summed E-state index contributed by atoms with van der Waals surface area (Å²) in [5.74, 6) is -0.0248. The molecule has 1 heterocycles. The van der Waals surface area contributed by atoms with Crippen molar-refractivity contribution in [2.24, 2.45) is 4.99 Å². The van der Waals surface area contributed by atoms with Gasteiger partial charge in [-0.1, -0.05) is 6.92 Å². The summed E-state index contributed by atoms with van der Waals surface area (Å²) >= 11 is 0. The Morgan fingerprint density at radius 3 is 2.50 bits per heavy atom. The molecule has 0 aromatic carbocycles. The van der Waals surface area contributed by atoms with E-state index in [0.29, 0.717) is 6.42 Å². The van der Waals surface area contributed by atoms with Gasteiger partial charge in [0, 0.05) is 12.8 Å². The molecule has 0 fully saturated rings. The zero-order valence-electron chi connectivity index (χ0n) is 12.0. The number of aromatic nitrogens is 2. The highest BCUT2D eigenvalue weighted by atomic mass is 16.4. The van der Waals surface area contributed by atoms with Crippen molar-refractivity contribution in [3.8, 4) is 0 Å². The van der Waals surface area contributed by atoms with Crippen LogP contribution in [0.2, 0.25) is 0 Å². The van der Waals surface area contributed by atoms with Crippen LogP contribution < -0.4 is 16.6 Å². The Morgan fingerprint density at radius 1 is 1.23 bits per heavy atom. The predicted molar refractivity (Wildman–Crippen MR) is 79.7 cm³/mol. The van der Waals surface area contributed by atoms with E-state index in [1.54, 1.807) is 0 Å². The Morgan fingerprint density at radius 2 is 1.91 bits per heavy atom. The largest absolute Gasteiger partial charge is 0.394 e. The van der Waals surface area contributed by atoms with E-state index in [-0.39, 0.29) is 18.1 Å². The number of hydrogen-bond acceptors (Lipinski definition) is 8. The van der Waals surface area contributed by atoms with Crippen LogP contribution in [0.1, 0.15) is 13.3 Å². The Balaban J connectivity index is 2.91. The summed E-state index contributed by atoms with van der Waals surface area (Å²) in [6, 6.07) is 0. The molecular weight excluding hydrogens is 296 g/mol. The Kier molecular flexibility index (Phi) is 6.92. The number of aromatic amines is 2. The standard InChI is InChI=1S/C12H20N4O6/c1-2-3-13-8-10(15-12(22)16-11(8)21)14-4-6(18)9(20)7(19)5-17/h3,6-7,9,17-20H,2,4-5H2,1H3,(H3,14,15,16,21,22)/t6-,7+,9-/m0/s1. The molecule has 0 aliphatic rings. The molecule has 3 atom stereocenters. The number of nitrogens with one attached hydrogen (secondary N) is 3. The van der Waals surface area contributed by atoms with Crippen LogP contribution in [0.4, 0.5) is 11.5 Å². The van der Waals surface area contributed by atoms with Crippen LogP contribution in [0.3, 0.4) is 0 Å². The zero-order chi connectivity index (χ0) is 16.7. The van der Waals surface area contributed by atoms with Crippen LogP contribution in [0.15, 0.2) is 14.6 Å². The van der Waals surface area contributed by atoms with E-state index in [2.05, 4.69) is 15.3 Å². The predicted octanol–water partition coefficient (Wildman–Crippen LogP) is -2.34. The van der Waals surface area contributed by atoms with E-state index in [1.807, 2.05) is 11.9 Å². The van der Waals surface area contributed by atoms with Crippen LogP contribution in [0.5, 0.6) is 0 Å². The first-order valence-corrected chi connectivity index (χ1v) is 6.68. The molecule has 0 aliphatic heterocycles. The molecule has 0 aliphatic carbocycles. The molecule has 22 heavy (non-hydrogen) atoms. The number of aliphatic hydroxyl groups excluding tert-OH is 4. The average Bonchev–Trinajstić information content (AvgIpc) is 2.49. The summed E-state index contributed by atoms with van der Waals surface area (Å²) < 4.78 is 0. The normalized spacial score (nSPS) is 15.7. The molecule has 0 saturated heterocycles. The maximum absolute atomic E-state index is 11.7. The van der Waals surface area contributed by atoms with Gasteiger partial charge in [-0.15, -0.1) is 0 Å². The van der Waals surface area contributed by atoms with Crippen molar-refractivity contribution in [1.82, 2.24) is 9.97 Å². The van der Waals surface area contributed by atoms with Gasteiger partial charge in [-0.3, -0.25) is 19.8 Å². The molecule has 1 aromatic rings. The molecule has 0 amide bonds. The molecule has 10 nitrogen and oxygen atoms in total. The van der Waals surface area contributed by atoms with Gasteiger partial charge < -0.3 is 25.7 Å². The highest BCUT2D eigenvalue weighted by molar-refractivity contribution is 5.68. The van der Waals surface area contributed by atoms with Crippen LogP contribution in [-0.4, -0.2) is 68.1 Å². The summed E-state index contributed by atoms with van der Waals surface area (Å²) in [5, 5.41) is 39.7. The molecule has 0 bridgehead atoms. The molecule has 0 radical (unpaired) electrons. The quantitative estimate of drug-likeness (QED) is 0.263. The van der Waals surface area contributed by atoms with E-state index in [1.165, 1.54) is 6.21 Å². The van der Waals surface area contributed by atoms with Gasteiger partial charge in [-0.25, -0.2) is 4.79 Å². The number of H-pyrrole nitrogens is 2. The smallest absolute Gasteiger partial charge is 0.327 e. The summed E-state index contributed by atoms with van der Waals surface area (Å²) in [7, 11) is 0. The van der Waals surface area contributed by atoms with Crippen molar-refractivity contribution in [3.05, 3.63) is 20.8 Å². The molecule has 7 N–H and O–H groups in total. The Hall–Kier alpha value is -2.01. The van der Waals surface area contributed by atoms with Gasteiger partial charge >= 0.3 is 5.69 Å². The summed E-state index contributed by atoms with van der Waals surface area (Å²) in [6.07, 6.45) is -2.49. The van der Waals surface area contributed by atoms with Gasteiger partial charge in [-0.2, -0.15) is 0 Å². The van der Waals surface area contributed by atoms with E-state index in [0.717, 1.165) is 0 Å². The summed E-state index contributed by atoms with van der Waals surface area (Å²) in [5.41, 5.74) is -1.54. The molecule has 0 spiro atoms. The molecule has 1 aromatic heterocycles. The molecule has 124 valence electrons. The van der Waals surface area contributed by atoms with Gasteiger partial charge in [0.15, 0.2) is 5.69 Å². The van der Waals surface area contributed by atoms with Crippen LogP contribution >= 0.6 is 0 Å². The average molecular weight is 316 g/mol. The molecule has 10 heteroatoms. The first kappa shape index (κ1) is 18.0. The van der Waals surface area contributed by atoms with Crippen molar-refractivity contribution in [1.29, 1.82) is 0 Å². The van der Waals surface area contributed by atoms with Crippen molar-refractivity contribution in [2.75, 3.05) is 18.5 Å². The maximum Gasteiger partial charge on any atom is 0.327 e. The second kappa shape index (κ2) is 8.44. The fourth-order valence-electron chi connectivity index (χ4n) is 1.61. The number of aliphatic hydroxyl groups is 4. The molecule has 1 rings (SSSR count). The van der Waals surface area contributed by atoms with Crippen molar-refractivity contribution < 1.29 is 20.4 Å². The van der Waals surface area contributed by atoms with Crippen LogP contribution in [-0.2, 0) is 0 Å². The lowest BCUT2D eigenvalue weighted by Gasteiger charge is -2.22. The van der Waals surface area contributed by atoms with E-state index < -0.39 is 36.2 Å². The van der Waals surface area contributed by atoms with Gasteiger partial charge in [0.25, 0.3) is 5.56 Å². The monoisotopic (exact) mass is 316 g/mol. The number of rotatable bonds is 8. The first-order chi connectivity index (χ1) is 10.4. The third-order valence-electron chi connectivity index (χ3n) is 2.78. The van der Waals surface area contributed by atoms with Gasteiger partial charge in [0.1, 0.15) is 18.0 Å². The lowest BCUT2D eigenvalue weighted by Crippen LogP contribution is -2.43. The van der Waals surface area contributed by atoms with Gasteiger partial charge in [0.05, 0.1) is 12.7 Å². The lowest BCUT2D eigenvalue weighted by atomic mass is 10.1. The first-order valence-electron chi connectivity index (χ1n) is 6.68. The second-order valence-corrected chi connectivity index (χ2v) is 4.54. The zero-order valence-corrected chi connectivity index (χ0v) is 12.0. The van der Waals surface area contributed by atoms with Crippen molar-refractivity contribution >= 4 is 17.7 Å². The highest BCUT2D eigenvalue weighted by Crippen LogP contribution is 2.15. The Bertz CT molecular complexity index is 610. The summed E-state index contributed by atoms with van der Waals surface area (Å²) in [4.78, 5) is 31.2. The number of nitrogens with zero attached hydrogens (tertiary/aromatic N) is 1. The summed E-state index contributed by atoms with van der Waals surface area (Å²) in [6.45, 7) is 0.811. The number of aliphatic imine (C=N–C) groups is 1. The fourth-order valence-corrected chi connectivity index (χ4v) is 1.61. The second-order valence-electron chi connectivity index (χ2n) is 4.54.